The Morgan fingerprint density at radius 2 is 1.74 bits per heavy atom. The van der Waals surface area contributed by atoms with Gasteiger partial charge in [-0.25, -0.2) is 0 Å². The molecule has 0 radical (unpaired) electrons. The molecule has 0 heterocycles. The monoisotopic (exact) mass is 353 g/mol. The van der Waals surface area contributed by atoms with Gasteiger partial charge in [0.05, 0.1) is 15.7 Å². The van der Waals surface area contributed by atoms with Gasteiger partial charge in [-0.05, 0) is 29.8 Å². The molecule has 0 aliphatic heterocycles. The molecule has 6 nitrogen and oxygen atoms in total. The maximum atomic E-state index is 12.0. The summed E-state index contributed by atoms with van der Waals surface area (Å²) in [4.78, 5) is 22.0. The van der Waals surface area contributed by atoms with Gasteiger partial charge in [-0.1, -0.05) is 23.7 Å². The summed E-state index contributed by atoms with van der Waals surface area (Å²) < 4.78 is 17.1. The third-order valence-electron chi connectivity index (χ3n) is 2.87. The van der Waals surface area contributed by atoms with E-state index in [4.69, 9.17) is 16.3 Å². The summed E-state index contributed by atoms with van der Waals surface area (Å²) in [5, 5.41) is 11.1. The van der Waals surface area contributed by atoms with Crippen LogP contribution in [0.25, 0.3) is 0 Å². The number of carbonyl (C=O) groups excluding carboxylic acids is 1. The number of halogens is 1. The maximum absolute atomic E-state index is 12.0. The predicted molar refractivity (Wildman–Crippen MR) is 85.6 cm³/mol. The van der Waals surface area contributed by atoms with E-state index in [-0.39, 0.29) is 18.0 Å². The molecule has 0 amide bonds. The number of nitro benzene ring substituents is 1. The van der Waals surface area contributed by atoms with Crippen LogP contribution in [0.5, 0.6) is 0 Å². The van der Waals surface area contributed by atoms with Crippen molar-refractivity contribution in [1.82, 2.24) is 0 Å². The van der Waals surface area contributed by atoms with E-state index in [1.807, 2.05) is 0 Å². The van der Waals surface area contributed by atoms with E-state index in [1.165, 1.54) is 24.3 Å². The van der Waals surface area contributed by atoms with Crippen LogP contribution in [0.15, 0.2) is 53.4 Å². The van der Waals surface area contributed by atoms with Crippen LogP contribution in [0, 0.1) is 10.1 Å². The molecule has 0 bridgehead atoms. The molecule has 2 rings (SSSR count). The van der Waals surface area contributed by atoms with Crippen molar-refractivity contribution in [1.29, 1.82) is 0 Å². The van der Waals surface area contributed by atoms with Gasteiger partial charge in [0.2, 0.25) is 0 Å². The molecule has 2 aromatic rings. The first-order valence-corrected chi connectivity index (χ1v) is 8.18. The minimum absolute atomic E-state index is 0.0630. The highest BCUT2D eigenvalue weighted by Crippen LogP contribution is 2.15. The lowest BCUT2D eigenvalue weighted by atomic mass is 10.2. The van der Waals surface area contributed by atoms with Crippen LogP contribution in [-0.4, -0.2) is 20.9 Å². The Hall–Kier alpha value is -2.25. The molecule has 8 heteroatoms. The second kappa shape index (κ2) is 7.85. The van der Waals surface area contributed by atoms with E-state index in [2.05, 4.69) is 0 Å². The predicted octanol–water partition coefficient (Wildman–Crippen LogP) is 3.10. The number of hydrogen-bond donors (Lipinski definition) is 0. The second-order valence-electron chi connectivity index (χ2n) is 4.53. The average molecular weight is 354 g/mol. The summed E-state index contributed by atoms with van der Waals surface area (Å²) >= 11 is 5.75. The number of rotatable bonds is 6. The fourth-order valence-corrected chi connectivity index (χ4v) is 2.73. The molecular weight excluding hydrogens is 342 g/mol. The van der Waals surface area contributed by atoms with Crippen LogP contribution in [0.2, 0.25) is 5.02 Å². The Balaban J connectivity index is 1.87. The van der Waals surface area contributed by atoms with E-state index < -0.39 is 21.7 Å². The van der Waals surface area contributed by atoms with Gasteiger partial charge >= 0.3 is 5.97 Å². The largest absolute Gasteiger partial charge is 0.460 e. The topological polar surface area (TPSA) is 86.5 Å². The number of non-ortho nitro benzene ring substituents is 1. The Bertz CT molecular complexity index is 731. The molecule has 0 aliphatic rings. The maximum Gasteiger partial charge on any atom is 0.319 e. The number of nitrogens with zero attached hydrogens (tertiary/aromatic N) is 1. The first-order valence-electron chi connectivity index (χ1n) is 6.48. The lowest BCUT2D eigenvalue weighted by Gasteiger charge is -2.05. The molecule has 0 saturated carbocycles. The number of hydrogen-bond acceptors (Lipinski definition) is 5. The number of benzene rings is 2. The van der Waals surface area contributed by atoms with Crippen molar-refractivity contribution in [3.8, 4) is 0 Å². The van der Waals surface area contributed by atoms with Crippen LogP contribution >= 0.6 is 11.6 Å². The SMILES string of the molecule is O=C(C[S@](=O)c1ccc([N+](=O)[O-])cc1)OCc1ccc(Cl)cc1. The van der Waals surface area contributed by atoms with Gasteiger partial charge in [-0.15, -0.1) is 0 Å². The van der Waals surface area contributed by atoms with E-state index in [0.29, 0.717) is 9.92 Å². The Morgan fingerprint density at radius 1 is 1.13 bits per heavy atom. The number of nitro groups is 1. The molecule has 2 aromatic carbocycles. The van der Waals surface area contributed by atoms with Crippen LogP contribution in [0.1, 0.15) is 5.56 Å². The van der Waals surface area contributed by atoms with Crippen LogP contribution in [0.4, 0.5) is 5.69 Å². The van der Waals surface area contributed by atoms with Gasteiger partial charge < -0.3 is 4.74 Å². The minimum atomic E-state index is -1.61. The molecule has 23 heavy (non-hydrogen) atoms. The van der Waals surface area contributed by atoms with E-state index in [0.717, 1.165) is 5.56 Å². The Labute approximate surface area is 139 Å². The summed E-state index contributed by atoms with van der Waals surface area (Å²) in [6.07, 6.45) is 0. The van der Waals surface area contributed by atoms with Crippen molar-refractivity contribution in [3.63, 3.8) is 0 Å². The van der Waals surface area contributed by atoms with Crippen LogP contribution in [-0.2, 0) is 26.9 Å². The average Bonchev–Trinajstić information content (AvgIpc) is 2.54. The summed E-state index contributed by atoms with van der Waals surface area (Å²) in [6, 6.07) is 12.0. The summed E-state index contributed by atoms with van der Waals surface area (Å²) in [6.45, 7) is 0.0630. The third-order valence-corrected chi connectivity index (χ3v) is 4.42. The molecule has 0 aliphatic carbocycles. The van der Waals surface area contributed by atoms with Crippen molar-refractivity contribution in [2.75, 3.05) is 5.75 Å². The smallest absolute Gasteiger partial charge is 0.319 e. The zero-order chi connectivity index (χ0) is 16.8. The summed E-state index contributed by atoms with van der Waals surface area (Å²) in [7, 11) is -1.61. The van der Waals surface area contributed by atoms with Crippen LogP contribution < -0.4 is 0 Å². The highest BCUT2D eigenvalue weighted by molar-refractivity contribution is 7.85. The van der Waals surface area contributed by atoms with Crippen molar-refractivity contribution in [3.05, 3.63) is 69.2 Å². The highest BCUT2D eigenvalue weighted by Gasteiger charge is 2.13. The number of carbonyl (C=O) groups is 1. The van der Waals surface area contributed by atoms with Crippen LogP contribution in [0.3, 0.4) is 0 Å². The molecule has 0 N–H and O–H groups in total. The van der Waals surface area contributed by atoms with Gasteiger partial charge in [0.25, 0.3) is 5.69 Å². The first-order chi connectivity index (χ1) is 11.0. The molecule has 0 fully saturated rings. The van der Waals surface area contributed by atoms with E-state index in [1.54, 1.807) is 24.3 Å². The standard InChI is InChI=1S/C15H12ClNO5S/c16-12-3-1-11(2-4-12)9-22-15(18)10-23(21)14-7-5-13(6-8-14)17(19)20/h1-8H,9-10H2/t23-/m0/s1. The molecule has 0 aromatic heterocycles. The van der Waals surface area contributed by atoms with Gasteiger partial charge in [0.1, 0.15) is 12.4 Å². The normalized spacial score (nSPS) is 11.7. The van der Waals surface area contributed by atoms with E-state index in [9.17, 15) is 19.1 Å². The van der Waals surface area contributed by atoms with Crippen molar-refractivity contribution < 1.29 is 18.7 Å². The number of ether oxygens (including phenoxy) is 1. The molecule has 0 spiro atoms. The minimum Gasteiger partial charge on any atom is -0.460 e. The van der Waals surface area contributed by atoms with Gasteiger partial charge in [-0.2, -0.15) is 0 Å². The molecule has 1 atom stereocenters. The first kappa shape index (κ1) is 17.1. The number of esters is 1. The lowest BCUT2D eigenvalue weighted by molar-refractivity contribution is -0.384. The lowest BCUT2D eigenvalue weighted by Crippen LogP contribution is -2.14. The summed E-state index contributed by atoms with van der Waals surface area (Å²) in [5.41, 5.74) is 0.667. The van der Waals surface area contributed by atoms with Gasteiger partial charge in [0, 0.05) is 22.1 Å². The quantitative estimate of drug-likeness (QED) is 0.452. The van der Waals surface area contributed by atoms with Crippen molar-refractivity contribution >= 4 is 34.1 Å². The van der Waals surface area contributed by atoms with E-state index >= 15 is 0 Å². The molecule has 0 saturated heterocycles. The zero-order valence-corrected chi connectivity index (χ0v) is 13.4. The van der Waals surface area contributed by atoms with Crippen molar-refractivity contribution in [2.45, 2.75) is 11.5 Å². The third kappa shape index (κ3) is 5.15. The fraction of sp³-hybridized carbons (Fsp3) is 0.133. The molecular formula is C15H12ClNO5S. The highest BCUT2D eigenvalue weighted by atomic mass is 35.5. The molecule has 0 unspecified atom stereocenters. The van der Waals surface area contributed by atoms with Crippen molar-refractivity contribution in [2.24, 2.45) is 0 Å². The molecule has 120 valence electrons. The Morgan fingerprint density at radius 3 is 2.30 bits per heavy atom. The van der Waals surface area contributed by atoms with Gasteiger partial charge in [0.15, 0.2) is 0 Å². The summed E-state index contributed by atoms with van der Waals surface area (Å²) in [5.74, 6) is -0.928. The Kier molecular flexibility index (Phi) is 5.84. The van der Waals surface area contributed by atoms with Gasteiger partial charge in [-0.3, -0.25) is 19.1 Å². The zero-order valence-electron chi connectivity index (χ0n) is 11.8. The fourth-order valence-electron chi connectivity index (χ4n) is 1.70. The second-order valence-corrected chi connectivity index (χ2v) is 6.42.